The van der Waals surface area contributed by atoms with Gasteiger partial charge in [-0.1, -0.05) is 18.6 Å². The maximum absolute atomic E-state index is 12.8. The van der Waals surface area contributed by atoms with Gasteiger partial charge in [-0.15, -0.1) is 0 Å². The first-order valence-electron chi connectivity index (χ1n) is 12.9. The van der Waals surface area contributed by atoms with Crippen LogP contribution in [0.4, 0.5) is 4.79 Å². The zero-order valence-electron chi connectivity index (χ0n) is 19.8. The highest BCUT2D eigenvalue weighted by atomic mass is 32.2. The smallest absolute Gasteiger partial charge is 0.315 e. The molecule has 6 aliphatic rings. The molecule has 6 heterocycles. The Morgan fingerprint density at radius 2 is 1.69 bits per heavy atom. The first kappa shape index (κ1) is 23.3. The number of nitrogens with one attached hydrogen (secondary N) is 2. The molecule has 0 radical (unpaired) electrons. The van der Waals surface area contributed by atoms with Gasteiger partial charge >= 0.3 is 6.03 Å². The van der Waals surface area contributed by atoms with Crippen LogP contribution in [0.1, 0.15) is 25.7 Å². The predicted molar refractivity (Wildman–Crippen MR) is 128 cm³/mol. The Bertz CT molecular complexity index is 907. The number of thioether (sulfide) groups is 1. The van der Waals surface area contributed by atoms with Crippen molar-refractivity contribution in [3.8, 4) is 0 Å². The molecule has 10 nitrogen and oxygen atoms in total. The van der Waals surface area contributed by atoms with Crippen molar-refractivity contribution in [3.63, 3.8) is 0 Å². The van der Waals surface area contributed by atoms with E-state index in [-0.39, 0.29) is 59.9 Å². The Balaban J connectivity index is 0.881. The summed E-state index contributed by atoms with van der Waals surface area (Å²) < 4.78 is 5.69. The summed E-state index contributed by atoms with van der Waals surface area (Å²) in [6.45, 7) is 3.96. The fraction of sp³-hybridized carbons (Fsp3) is 0.750. The van der Waals surface area contributed by atoms with Crippen molar-refractivity contribution in [2.24, 2.45) is 11.8 Å². The van der Waals surface area contributed by atoms with E-state index in [1.54, 1.807) is 0 Å². The normalized spacial score (nSPS) is 37.7. The van der Waals surface area contributed by atoms with Crippen LogP contribution in [0, 0.1) is 11.8 Å². The highest BCUT2D eigenvalue weighted by molar-refractivity contribution is 8.00. The highest BCUT2D eigenvalue weighted by Gasteiger charge is 2.60. The van der Waals surface area contributed by atoms with Crippen LogP contribution in [0.25, 0.3) is 0 Å². The number of likely N-dealkylation sites (tertiary alicyclic amines) is 1. The molecule has 0 aliphatic carbocycles. The van der Waals surface area contributed by atoms with E-state index < -0.39 is 0 Å². The van der Waals surface area contributed by atoms with Gasteiger partial charge in [-0.2, -0.15) is 11.8 Å². The number of urea groups is 1. The number of fused-ring (bicyclic) bond motifs is 6. The molecule has 2 N–H and O–H groups in total. The van der Waals surface area contributed by atoms with Crippen molar-refractivity contribution in [2.75, 3.05) is 45.0 Å². The van der Waals surface area contributed by atoms with Gasteiger partial charge in [0, 0.05) is 56.7 Å². The molecular formula is C24H33N5O5S. The molecule has 0 aromatic carbocycles. The van der Waals surface area contributed by atoms with Gasteiger partial charge in [0.1, 0.15) is 0 Å². The minimum atomic E-state index is -0.339. The number of hydrogen-bond acceptors (Lipinski definition) is 7. The number of nitrogens with zero attached hydrogens (tertiary/aromatic N) is 3. The summed E-state index contributed by atoms with van der Waals surface area (Å²) in [7, 11) is 0. The molecule has 190 valence electrons. The number of piperazine rings is 1. The van der Waals surface area contributed by atoms with E-state index in [1.807, 2.05) is 28.8 Å². The molecule has 4 unspecified atom stereocenters. The number of rotatable bonds is 8. The first-order chi connectivity index (χ1) is 17.0. The van der Waals surface area contributed by atoms with Gasteiger partial charge < -0.3 is 20.3 Å². The van der Waals surface area contributed by atoms with Crippen LogP contribution < -0.4 is 10.6 Å². The summed E-state index contributed by atoms with van der Waals surface area (Å²) in [5.41, 5.74) is 0. The Labute approximate surface area is 209 Å². The number of unbranched alkanes of at least 4 members (excludes halogenated alkanes) is 1. The number of ether oxygens (including phenoxy) is 1. The summed E-state index contributed by atoms with van der Waals surface area (Å²) in [4.78, 5) is 55.3. The topological polar surface area (TPSA) is 111 Å². The van der Waals surface area contributed by atoms with Gasteiger partial charge in [-0.3, -0.25) is 24.2 Å². The molecule has 5 saturated heterocycles. The highest BCUT2D eigenvalue weighted by Crippen LogP contribution is 2.45. The van der Waals surface area contributed by atoms with Crippen LogP contribution in [0.3, 0.4) is 0 Å². The molecule has 0 saturated carbocycles. The molecule has 0 aromatic heterocycles. The van der Waals surface area contributed by atoms with E-state index in [0.29, 0.717) is 37.8 Å². The Morgan fingerprint density at radius 3 is 2.40 bits per heavy atom. The van der Waals surface area contributed by atoms with E-state index in [0.717, 1.165) is 38.1 Å². The lowest BCUT2D eigenvalue weighted by Crippen LogP contribution is -2.50. The zero-order valence-corrected chi connectivity index (χ0v) is 20.6. The second-order valence-electron chi connectivity index (χ2n) is 10.4. The van der Waals surface area contributed by atoms with Gasteiger partial charge in [-0.25, -0.2) is 4.79 Å². The van der Waals surface area contributed by atoms with Crippen molar-refractivity contribution in [3.05, 3.63) is 12.2 Å². The average Bonchev–Trinajstić information content (AvgIpc) is 3.66. The molecule has 11 heteroatoms. The molecule has 5 amide bonds. The average molecular weight is 504 g/mol. The molecule has 0 aromatic rings. The molecule has 5 fully saturated rings. The molecular weight excluding hydrogens is 470 g/mol. The SMILES string of the molecule is O=C1N[C@@H]2[C@@H](CS[C@@H]2CCCCC(=O)N2CCN(CCN3C(=O)C4C5C=CC(O5)C4C3=O)CC2)N1. The summed E-state index contributed by atoms with van der Waals surface area (Å²) in [6, 6.07) is 0.416. The Hall–Kier alpha value is -2.11. The van der Waals surface area contributed by atoms with Crippen molar-refractivity contribution in [2.45, 2.75) is 55.2 Å². The van der Waals surface area contributed by atoms with Gasteiger partial charge in [0.15, 0.2) is 0 Å². The van der Waals surface area contributed by atoms with Crippen molar-refractivity contribution in [1.29, 1.82) is 0 Å². The molecule has 2 bridgehead atoms. The summed E-state index contributed by atoms with van der Waals surface area (Å²) in [6.07, 6.45) is 6.79. The molecule has 7 atom stereocenters. The number of amides is 5. The van der Waals surface area contributed by atoms with Crippen molar-refractivity contribution >= 4 is 35.5 Å². The number of imide groups is 1. The molecule has 35 heavy (non-hydrogen) atoms. The van der Waals surface area contributed by atoms with Gasteiger partial charge in [0.05, 0.1) is 36.1 Å². The summed E-state index contributed by atoms with van der Waals surface area (Å²) >= 11 is 1.91. The van der Waals surface area contributed by atoms with Crippen LogP contribution in [0.2, 0.25) is 0 Å². The van der Waals surface area contributed by atoms with Crippen molar-refractivity contribution < 1.29 is 23.9 Å². The number of hydrogen-bond donors (Lipinski definition) is 2. The quantitative estimate of drug-likeness (QED) is 0.204. The lowest BCUT2D eigenvalue weighted by molar-refractivity contribution is -0.142. The van der Waals surface area contributed by atoms with E-state index in [9.17, 15) is 19.2 Å². The van der Waals surface area contributed by atoms with E-state index >= 15 is 0 Å². The predicted octanol–water partition coefficient (Wildman–Crippen LogP) is -0.205. The molecule has 6 rings (SSSR count). The third-order valence-corrected chi connectivity index (χ3v) is 9.94. The number of carbonyl (C=O) groups is 4. The maximum Gasteiger partial charge on any atom is 0.315 e. The second kappa shape index (κ2) is 9.40. The lowest BCUT2D eigenvalue weighted by atomic mass is 9.85. The third-order valence-electron chi connectivity index (χ3n) is 8.43. The van der Waals surface area contributed by atoms with Crippen LogP contribution in [-0.2, 0) is 19.1 Å². The molecule has 6 aliphatic heterocycles. The van der Waals surface area contributed by atoms with E-state index in [4.69, 9.17) is 4.74 Å². The summed E-state index contributed by atoms with van der Waals surface area (Å²) in [5, 5.41) is 6.42. The zero-order chi connectivity index (χ0) is 24.1. The number of carbonyl (C=O) groups excluding carboxylic acids is 4. The monoisotopic (exact) mass is 503 g/mol. The molecule has 0 spiro atoms. The van der Waals surface area contributed by atoms with Crippen LogP contribution >= 0.6 is 11.8 Å². The van der Waals surface area contributed by atoms with Crippen molar-refractivity contribution in [1.82, 2.24) is 25.3 Å². The fourth-order valence-corrected chi connectivity index (χ4v) is 8.01. The maximum atomic E-state index is 12.8. The van der Waals surface area contributed by atoms with Crippen LogP contribution in [0.5, 0.6) is 0 Å². The lowest BCUT2D eigenvalue weighted by Gasteiger charge is -2.35. The van der Waals surface area contributed by atoms with Gasteiger partial charge in [-0.05, 0) is 12.8 Å². The van der Waals surface area contributed by atoms with E-state index in [2.05, 4.69) is 15.5 Å². The Morgan fingerprint density at radius 1 is 0.971 bits per heavy atom. The Kier molecular flexibility index (Phi) is 6.26. The van der Waals surface area contributed by atoms with Gasteiger partial charge in [0.2, 0.25) is 17.7 Å². The third kappa shape index (κ3) is 4.25. The van der Waals surface area contributed by atoms with Gasteiger partial charge in [0.25, 0.3) is 0 Å². The van der Waals surface area contributed by atoms with E-state index in [1.165, 1.54) is 4.90 Å². The summed E-state index contributed by atoms with van der Waals surface area (Å²) in [5.74, 6) is 0.305. The van der Waals surface area contributed by atoms with Crippen LogP contribution in [0.15, 0.2) is 12.2 Å². The standard InChI is InChI=1S/C24H33N5O5S/c30-18(4-2-1-3-17-21-14(13-35-17)25-24(33)26-21)28-10-7-27(8-11-28)9-12-29-22(31)19-15-5-6-16(34-15)20(19)23(29)32/h5-6,14-17,19-21H,1-4,7-13H2,(H2,25,26,33)/t14-,15?,16?,17-,19?,20?,21-/m1/s1. The second-order valence-corrected chi connectivity index (χ2v) is 11.7. The first-order valence-corrected chi connectivity index (χ1v) is 13.9. The minimum absolute atomic E-state index is 0.0559. The largest absolute Gasteiger partial charge is 0.365 e. The fourth-order valence-electron chi connectivity index (χ4n) is 6.47. The van der Waals surface area contributed by atoms with Crippen LogP contribution in [-0.4, -0.2) is 113 Å². The minimum Gasteiger partial charge on any atom is -0.365 e.